The van der Waals surface area contributed by atoms with E-state index in [1.165, 1.54) is 6.07 Å². The van der Waals surface area contributed by atoms with Gasteiger partial charge in [-0.15, -0.1) is 0 Å². The molecule has 2 atom stereocenters. The summed E-state index contributed by atoms with van der Waals surface area (Å²) in [7, 11) is 0. The lowest BCUT2D eigenvalue weighted by Gasteiger charge is -2.29. The fourth-order valence-corrected chi connectivity index (χ4v) is 4.58. The van der Waals surface area contributed by atoms with Crippen molar-refractivity contribution in [3.63, 3.8) is 0 Å². The Morgan fingerprint density at radius 2 is 1.81 bits per heavy atom. The van der Waals surface area contributed by atoms with Crippen molar-refractivity contribution in [3.05, 3.63) is 81.9 Å². The van der Waals surface area contributed by atoms with E-state index < -0.39 is 17.2 Å². The Morgan fingerprint density at radius 3 is 2.48 bits per heavy atom. The summed E-state index contributed by atoms with van der Waals surface area (Å²) in [5, 5.41) is -0.110. The molecule has 1 heterocycles. The van der Waals surface area contributed by atoms with Crippen LogP contribution in [0.1, 0.15) is 49.8 Å². The van der Waals surface area contributed by atoms with Crippen LogP contribution in [-0.4, -0.2) is 6.61 Å². The minimum Gasteiger partial charge on any atom is -0.491 e. The van der Waals surface area contributed by atoms with Gasteiger partial charge in [-0.3, -0.25) is 0 Å². The van der Waals surface area contributed by atoms with E-state index in [9.17, 15) is 4.39 Å². The standard InChI is InChI=1S/C26H25ClF2O2/c1-5-13-30-19-12-11-15(2)21(25(19)29)23-22-16(3)26(4,17-9-7-6-8-10-17)31-20(22)14-18(28)24(23)27/h6-12,14,16H,5,13H2,1-4H3/t16-,26-/m0/s1. The van der Waals surface area contributed by atoms with Gasteiger partial charge in [0.25, 0.3) is 0 Å². The molecule has 0 bridgehead atoms. The number of rotatable bonds is 5. The summed E-state index contributed by atoms with van der Waals surface area (Å²) in [4.78, 5) is 0. The van der Waals surface area contributed by atoms with Gasteiger partial charge >= 0.3 is 0 Å². The van der Waals surface area contributed by atoms with Crippen LogP contribution in [0.15, 0.2) is 48.5 Å². The molecule has 3 aromatic carbocycles. The fraction of sp³-hybridized carbons (Fsp3) is 0.308. The van der Waals surface area contributed by atoms with Gasteiger partial charge in [-0.05, 0) is 37.5 Å². The molecule has 1 aliphatic rings. The molecule has 0 N–H and O–H groups in total. The summed E-state index contributed by atoms with van der Waals surface area (Å²) in [5.41, 5.74) is 2.15. The van der Waals surface area contributed by atoms with Crippen LogP contribution in [0.3, 0.4) is 0 Å². The van der Waals surface area contributed by atoms with E-state index in [1.54, 1.807) is 19.1 Å². The van der Waals surface area contributed by atoms with Gasteiger partial charge in [0, 0.05) is 28.7 Å². The maximum absolute atomic E-state index is 15.6. The van der Waals surface area contributed by atoms with Crippen LogP contribution in [0.25, 0.3) is 11.1 Å². The number of halogens is 3. The van der Waals surface area contributed by atoms with Crippen molar-refractivity contribution in [2.45, 2.75) is 45.6 Å². The summed E-state index contributed by atoms with van der Waals surface area (Å²) in [6, 6.07) is 14.4. The van der Waals surface area contributed by atoms with Crippen LogP contribution in [0, 0.1) is 18.6 Å². The van der Waals surface area contributed by atoms with Crippen molar-refractivity contribution >= 4 is 11.6 Å². The second-order valence-electron chi connectivity index (χ2n) is 8.17. The van der Waals surface area contributed by atoms with E-state index in [0.29, 0.717) is 29.0 Å². The molecule has 31 heavy (non-hydrogen) atoms. The zero-order chi connectivity index (χ0) is 22.3. The van der Waals surface area contributed by atoms with Crippen molar-refractivity contribution in [2.24, 2.45) is 0 Å². The Balaban J connectivity index is 1.95. The van der Waals surface area contributed by atoms with E-state index in [-0.39, 0.29) is 22.3 Å². The van der Waals surface area contributed by atoms with Crippen LogP contribution in [0.4, 0.5) is 8.78 Å². The normalized spacial score (nSPS) is 19.8. The predicted molar refractivity (Wildman–Crippen MR) is 120 cm³/mol. The third-order valence-electron chi connectivity index (χ3n) is 6.18. The highest BCUT2D eigenvalue weighted by Gasteiger charge is 2.46. The molecule has 2 nitrogen and oxygen atoms in total. The number of fused-ring (bicyclic) bond motifs is 1. The Kier molecular flexibility index (Phi) is 5.69. The monoisotopic (exact) mass is 442 g/mol. The summed E-state index contributed by atoms with van der Waals surface area (Å²) in [6.45, 7) is 8.09. The number of aryl methyl sites for hydroxylation is 1. The molecule has 0 saturated heterocycles. The van der Waals surface area contributed by atoms with Crippen LogP contribution >= 0.6 is 11.6 Å². The van der Waals surface area contributed by atoms with Gasteiger partial charge in [-0.2, -0.15) is 0 Å². The van der Waals surface area contributed by atoms with Crippen LogP contribution < -0.4 is 9.47 Å². The zero-order valence-corrected chi connectivity index (χ0v) is 18.8. The average Bonchev–Trinajstić information content (AvgIpc) is 3.01. The molecule has 0 aliphatic carbocycles. The van der Waals surface area contributed by atoms with E-state index in [4.69, 9.17) is 21.1 Å². The van der Waals surface area contributed by atoms with Crippen molar-refractivity contribution < 1.29 is 18.3 Å². The van der Waals surface area contributed by atoms with Gasteiger partial charge in [0.2, 0.25) is 0 Å². The second-order valence-corrected chi connectivity index (χ2v) is 8.55. The molecule has 0 saturated carbocycles. The molecular weight excluding hydrogens is 418 g/mol. The van der Waals surface area contributed by atoms with Crippen molar-refractivity contribution in [1.82, 2.24) is 0 Å². The first-order chi connectivity index (χ1) is 14.8. The molecule has 5 heteroatoms. The summed E-state index contributed by atoms with van der Waals surface area (Å²) in [5.74, 6) is -0.859. The SMILES string of the molecule is CCCOc1ccc(C)c(-c2c(Cl)c(F)cc3c2[C@H](C)[C@@](C)(c2ccccc2)O3)c1F. The molecule has 162 valence electrons. The third-order valence-corrected chi connectivity index (χ3v) is 6.55. The van der Waals surface area contributed by atoms with E-state index in [2.05, 4.69) is 0 Å². The number of benzene rings is 3. The van der Waals surface area contributed by atoms with E-state index in [0.717, 1.165) is 12.0 Å². The summed E-state index contributed by atoms with van der Waals surface area (Å²) >= 11 is 6.48. The Labute approximate surface area is 186 Å². The first kappa shape index (κ1) is 21.6. The first-order valence-electron chi connectivity index (χ1n) is 10.5. The van der Waals surface area contributed by atoms with E-state index >= 15 is 4.39 Å². The molecule has 0 spiro atoms. The fourth-order valence-electron chi connectivity index (χ4n) is 4.33. The largest absolute Gasteiger partial charge is 0.491 e. The highest BCUT2D eigenvalue weighted by Crippen LogP contribution is 2.56. The molecule has 3 aromatic rings. The van der Waals surface area contributed by atoms with Crippen LogP contribution in [0.2, 0.25) is 5.02 Å². The minimum absolute atomic E-state index is 0.110. The van der Waals surface area contributed by atoms with Gasteiger partial charge in [-0.1, -0.05) is 61.8 Å². The molecule has 0 amide bonds. The highest BCUT2D eigenvalue weighted by atomic mass is 35.5. The molecule has 0 unspecified atom stereocenters. The third kappa shape index (κ3) is 3.47. The summed E-state index contributed by atoms with van der Waals surface area (Å²) < 4.78 is 42.4. The van der Waals surface area contributed by atoms with Crippen LogP contribution in [-0.2, 0) is 5.60 Å². The number of hydrogen-bond acceptors (Lipinski definition) is 2. The first-order valence-corrected chi connectivity index (χ1v) is 10.9. The van der Waals surface area contributed by atoms with E-state index in [1.807, 2.05) is 51.1 Å². The van der Waals surface area contributed by atoms with Crippen molar-refractivity contribution in [2.75, 3.05) is 6.61 Å². The average molecular weight is 443 g/mol. The number of ether oxygens (including phenoxy) is 2. The summed E-state index contributed by atoms with van der Waals surface area (Å²) in [6.07, 6.45) is 0.749. The molecule has 0 radical (unpaired) electrons. The second kappa shape index (κ2) is 8.16. The zero-order valence-electron chi connectivity index (χ0n) is 18.1. The molecule has 0 fully saturated rings. The van der Waals surface area contributed by atoms with Gasteiger partial charge in [-0.25, -0.2) is 8.78 Å². The Bertz CT molecular complexity index is 1130. The van der Waals surface area contributed by atoms with Gasteiger partial charge in [0.15, 0.2) is 11.6 Å². The molecular formula is C26H25ClF2O2. The topological polar surface area (TPSA) is 18.5 Å². The minimum atomic E-state index is -0.740. The lowest BCUT2D eigenvalue weighted by atomic mass is 9.79. The van der Waals surface area contributed by atoms with Crippen LogP contribution in [0.5, 0.6) is 11.5 Å². The molecule has 0 aromatic heterocycles. The number of hydrogen-bond donors (Lipinski definition) is 0. The maximum atomic E-state index is 15.6. The predicted octanol–water partition coefficient (Wildman–Crippen LogP) is 7.79. The highest BCUT2D eigenvalue weighted by molar-refractivity contribution is 6.34. The lowest BCUT2D eigenvalue weighted by molar-refractivity contribution is 0.0922. The molecule has 4 rings (SSSR count). The van der Waals surface area contributed by atoms with Gasteiger partial charge in [0.1, 0.15) is 17.2 Å². The Morgan fingerprint density at radius 1 is 1.10 bits per heavy atom. The van der Waals surface area contributed by atoms with Crippen molar-refractivity contribution in [1.29, 1.82) is 0 Å². The maximum Gasteiger partial charge on any atom is 0.173 e. The Hall–Kier alpha value is -2.59. The quantitative estimate of drug-likeness (QED) is 0.401. The lowest BCUT2D eigenvalue weighted by Crippen LogP contribution is -2.30. The van der Waals surface area contributed by atoms with Gasteiger partial charge < -0.3 is 9.47 Å². The smallest absolute Gasteiger partial charge is 0.173 e. The van der Waals surface area contributed by atoms with Gasteiger partial charge in [0.05, 0.1) is 11.6 Å². The van der Waals surface area contributed by atoms with Crippen molar-refractivity contribution in [3.8, 4) is 22.6 Å². The molecule has 1 aliphatic heterocycles.